The molecule has 4 aliphatic rings. The highest BCUT2D eigenvalue weighted by Crippen LogP contribution is 2.33. The maximum Gasteiger partial charge on any atom is 0.335 e. The number of hydrogen-bond donors (Lipinski definition) is 4. The Morgan fingerprint density at radius 3 is 1.38 bits per heavy atom. The second-order valence-corrected chi connectivity index (χ2v) is 24.5. The minimum atomic E-state index is -0.992. The van der Waals surface area contributed by atoms with Gasteiger partial charge in [0.25, 0.3) is 5.91 Å². The molecule has 0 saturated carbocycles. The predicted octanol–water partition coefficient (Wildman–Crippen LogP) is 13.0. The second-order valence-electron chi connectivity index (χ2n) is 23.7. The highest BCUT2D eigenvalue weighted by Gasteiger charge is 2.28. The maximum atomic E-state index is 12.7. The summed E-state index contributed by atoms with van der Waals surface area (Å²) in [6.07, 6.45) is 11.2. The number of carboxylic acids is 1. The molecule has 0 aliphatic carbocycles. The van der Waals surface area contributed by atoms with Crippen LogP contribution < -0.4 is 20.5 Å². The van der Waals surface area contributed by atoms with Crippen LogP contribution >= 0.6 is 23.2 Å². The first-order valence-electron chi connectivity index (χ1n) is 31.6. The van der Waals surface area contributed by atoms with Crippen LogP contribution in [-0.2, 0) is 0 Å². The van der Waals surface area contributed by atoms with E-state index in [1.54, 1.807) is 24.3 Å². The fraction of sp³-hybridized carbons (Fsp3) is 0.389. The van der Waals surface area contributed by atoms with Crippen molar-refractivity contribution >= 4 is 46.1 Å². The second kappa shape index (κ2) is 34.0. The molecule has 17 heteroatoms. The molecule has 8 aromatic rings. The summed E-state index contributed by atoms with van der Waals surface area (Å²) in [5, 5.41) is 29.0. The summed E-state index contributed by atoms with van der Waals surface area (Å²) in [6.45, 7) is 9.76. The fourth-order valence-corrected chi connectivity index (χ4v) is 13.0. The van der Waals surface area contributed by atoms with Gasteiger partial charge in [0.1, 0.15) is 34.7 Å². The molecule has 4 saturated heterocycles. The van der Waals surface area contributed by atoms with Crippen LogP contribution in [0.2, 0.25) is 10.0 Å². The van der Waals surface area contributed by atoms with Gasteiger partial charge < -0.3 is 50.4 Å². The zero-order valence-corrected chi connectivity index (χ0v) is 52.9. The third-order valence-electron chi connectivity index (χ3n) is 17.7. The van der Waals surface area contributed by atoms with Crippen molar-refractivity contribution in [2.75, 3.05) is 79.5 Å². The number of aromatic carboxylic acids is 1. The van der Waals surface area contributed by atoms with Gasteiger partial charge in [0.2, 0.25) is 0 Å². The van der Waals surface area contributed by atoms with E-state index in [0.717, 1.165) is 95.3 Å². The van der Waals surface area contributed by atoms with Crippen LogP contribution in [0.15, 0.2) is 182 Å². The number of carbonyl (C=O) groups is 2. The van der Waals surface area contributed by atoms with Crippen LogP contribution in [0.1, 0.15) is 119 Å². The van der Waals surface area contributed by atoms with Crippen LogP contribution in [-0.4, -0.2) is 161 Å². The summed E-state index contributed by atoms with van der Waals surface area (Å²) >= 11 is 12.8. The van der Waals surface area contributed by atoms with Gasteiger partial charge in [-0.15, -0.1) is 5.10 Å². The summed E-state index contributed by atoms with van der Waals surface area (Å²) < 4.78 is 12.4. The van der Waals surface area contributed by atoms with Crippen molar-refractivity contribution in [2.45, 2.75) is 100 Å². The summed E-state index contributed by atoms with van der Waals surface area (Å²) in [5.74, 6) is 0.814. The van der Waals surface area contributed by atoms with Gasteiger partial charge in [-0.3, -0.25) is 4.79 Å². The number of rotatable bonds is 19. The molecule has 89 heavy (non-hydrogen) atoms. The minimum Gasteiger partial charge on any atom is -0.489 e. The number of para-hydroxylation sites is 1. The molecular weight excluding hydrogens is 1160 g/mol. The molecule has 4 fully saturated rings. The van der Waals surface area contributed by atoms with Crippen LogP contribution in [0, 0.1) is 0 Å². The topological polar surface area (TPSA) is 175 Å². The first kappa shape index (κ1) is 66.1. The molecule has 4 aliphatic heterocycles. The molecule has 0 bridgehead atoms. The molecule has 15 nitrogen and oxygen atoms in total. The SMILES string of the molecule is CN1CCCC1CCN.CN1CCCC1CCNC(=O)c1ccc(OC2CCN(CC(c3ccccc3)c3ccccc3)CC2)c(Cl)c1.O=C(O)c1ccc(OC2CCN(CC(c3ccccc3)c3ccccc3)CC2)c(Cl)c1.On1nnc2ccccc21. The van der Waals surface area contributed by atoms with Crippen molar-refractivity contribution in [1.82, 2.24) is 40.1 Å². The normalized spacial score (nSPS) is 17.7. The molecule has 2 atom stereocenters. The van der Waals surface area contributed by atoms with Crippen LogP contribution in [0.3, 0.4) is 0 Å². The minimum absolute atomic E-state index is 0.0798. The Morgan fingerprint density at radius 1 is 0.562 bits per heavy atom. The number of carboxylic acid groups (broad SMARTS) is 1. The molecule has 0 spiro atoms. The molecule has 1 aromatic heterocycles. The predicted molar refractivity (Wildman–Crippen MR) is 356 cm³/mol. The number of piperidine rings is 2. The van der Waals surface area contributed by atoms with E-state index < -0.39 is 5.97 Å². The molecule has 470 valence electrons. The van der Waals surface area contributed by atoms with Gasteiger partial charge in [-0.05, 0) is 174 Å². The number of carbonyl (C=O) groups excluding carboxylic acids is 1. The number of ether oxygens (including phenoxy) is 2. The number of nitrogens with one attached hydrogen (secondary N) is 1. The summed E-state index contributed by atoms with van der Waals surface area (Å²) in [6, 6.07) is 61.5. The molecule has 7 aromatic carbocycles. The lowest BCUT2D eigenvalue weighted by Gasteiger charge is -2.34. The average molecular weight is 1250 g/mol. The quantitative estimate of drug-likeness (QED) is 0.0564. The zero-order valence-electron chi connectivity index (χ0n) is 51.4. The smallest absolute Gasteiger partial charge is 0.335 e. The lowest BCUT2D eigenvalue weighted by molar-refractivity contribution is 0.0696. The lowest BCUT2D eigenvalue weighted by Crippen LogP contribution is -2.40. The van der Waals surface area contributed by atoms with E-state index in [2.05, 4.69) is 171 Å². The van der Waals surface area contributed by atoms with Crippen molar-refractivity contribution in [2.24, 2.45) is 5.73 Å². The fourth-order valence-electron chi connectivity index (χ4n) is 12.5. The van der Waals surface area contributed by atoms with E-state index in [9.17, 15) is 9.59 Å². The Balaban J connectivity index is 0.000000165. The number of amides is 1. The zero-order chi connectivity index (χ0) is 62.3. The monoisotopic (exact) mass is 1240 g/mol. The Hall–Kier alpha value is -7.34. The summed E-state index contributed by atoms with van der Waals surface area (Å²) in [4.78, 5) is 34.3. The van der Waals surface area contributed by atoms with Crippen molar-refractivity contribution in [3.63, 3.8) is 0 Å². The van der Waals surface area contributed by atoms with E-state index in [-0.39, 0.29) is 23.7 Å². The first-order valence-corrected chi connectivity index (χ1v) is 32.3. The molecule has 5 N–H and O–H groups in total. The van der Waals surface area contributed by atoms with Crippen molar-refractivity contribution in [3.05, 3.63) is 225 Å². The molecule has 12 rings (SSSR count). The Labute approximate surface area is 535 Å². The lowest BCUT2D eigenvalue weighted by atomic mass is 9.90. The molecule has 5 heterocycles. The average Bonchev–Trinajstić information content (AvgIpc) is 4.48. The highest BCUT2D eigenvalue weighted by molar-refractivity contribution is 6.32. The Morgan fingerprint density at radius 2 is 0.978 bits per heavy atom. The standard InChI is InChI=1S/C33H40ClN3O2.C26H26ClNO3.C7H16N2.C6H5N3O/c1-36-20-8-13-28(36)16-19-35-33(38)27-14-15-32(31(34)23-27)39-29-17-21-37(22-18-29)24-30(25-9-4-2-5-10-25)26-11-6-3-7-12-26;27-24-17-21(26(29)30)11-12-25(24)31-22-13-15-28(16-14-22)18-23(19-7-3-1-4-8-19)20-9-5-2-6-10-20;1-9-6-2-3-7(9)4-5-8;10-9-6-4-2-1-3-5(6)7-8-9/h2-7,9-12,14-15,23,28-30H,8,13,16-22,24H2,1H3,(H,35,38);1-12,17,22-23H,13-16,18H2,(H,29,30);7H,2-6,8H2,1H3;1-4,10H. The highest BCUT2D eigenvalue weighted by atomic mass is 35.5. The van der Waals surface area contributed by atoms with Gasteiger partial charge >= 0.3 is 5.97 Å². The van der Waals surface area contributed by atoms with E-state index in [1.165, 1.54) is 73.0 Å². The van der Waals surface area contributed by atoms with Crippen LogP contribution in [0.25, 0.3) is 11.0 Å². The maximum absolute atomic E-state index is 12.7. The number of nitrogens with zero attached hydrogens (tertiary/aromatic N) is 7. The summed E-state index contributed by atoms with van der Waals surface area (Å²) in [5.41, 5.74) is 12.9. The Kier molecular flexibility index (Phi) is 25.3. The third kappa shape index (κ3) is 19.6. The third-order valence-corrected chi connectivity index (χ3v) is 18.2. The first-order chi connectivity index (χ1) is 43.4. The largest absolute Gasteiger partial charge is 0.489 e. The van der Waals surface area contributed by atoms with E-state index in [0.29, 0.717) is 62.6 Å². The van der Waals surface area contributed by atoms with E-state index in [4.69, 9.17) is 48.7 Å². The number of aromatic nitrogens is 3. The van der Waals surface area contributed by atoms with E-state index >= 15 is 0 Å². The van der Waals surface area contributed by atoms with Crippen molar-refractivity contribution in [1.29, 1.82) is 0 Å². The van der Waals surface area contributed by atoms with Gasteiger partial charge in [-0.1, -0.05) is 162 Å². The van der Waals surface area contributed by atoms with Gasteiger partial charge in [-0.25, -0.2) is 4.79 Å². The van der Waals surface area contributed by atoms with E-state index in [1.807, 2.05) is 24.3 Å². The molecular formula is C72H87Cl2N9O6. The van der Waals surface area contributed by atoms with Crippen molar-refractivity contribution < 1.29 is 29.4 Å². The summed E-state index contributed by atoms with van der Waals surface area (Å²) in [7, 11) is 4.35. The van der Waals surface area contributed by atoms with Crippen molar-refractivity contribution in [3.8, 4) is 11.5 Å². The van der Waals surface area contributed by atoms with Crippen LogP contribution in [0.4, 0.5) is 0 Å². The number of fused-ring (bicyclic) bond motifs is 1. The number of likely N-dealkylation sites (tertiary alicyclic amines) is 4. The van der Waals surface area contributed by atoms with Gasteiger partial charge in [0, 0.05) is 75.3 Å². The molecule has 1 amide bonds. The Bertz CT molecular complexity index is 3330. The molecule has 0 radical (unpaired) electrons. The van der Waals surface area contributed by atoms with Gasteiger partial charge in [0.15, 0.2) is 0 Å². The van der Waals surface area contributed by atoms with Gasteiger partial charge in [0.05, 0.1) is 15.6 Å². The van der Waals surface area contributed by atoms with Crippen LogP contribution in [0.5, 0.6) is 11.5 Å². The number of nitrogens with two attached hydrogens (primary N) is 1. The number of benzene rings is 7. The number of halogens is 2. The number of hydrogen-bond acceptors (Lipinski definition) is 12. The van der Waals surface area contributed by atoms with Gasteiger partial charge in [-0.2, -0.15) is 0 Å². The molecule has 2 unspecified atom stereocenters.